The van der Waals surface area contributed by atoms with E-state index >= 15 is 0 Å². The molecule has 2 N–H and O–H groups in total. The van der Waals surface area contributed by atoms with Crippen molar-refractivity contribution in [3.63, 3.8) is 0 Å². The van der Waals surface area contributed by atoms with E-state index in [2.05, 4.69) is 31.9 Å². The maximum absolute atomic E-state index is 13.4. The molecule has 1 aliphatic heterocycles. The summed E-state index contributed by atoms with van der Waals surface area (Å²) in [6, 6.07) is 10.5. The molecule has 186 valence electrons. The molecule has 0 amide bonds. The molecule has 0 aliphatic carbocycles. The Labute approximate surface area is 252 Å². The summed E-state index contributed by atoms with van der Waals surface area (Å²) in [6.45, 7) is 11.5. The smallest absolute Gasteiger partial charge is 0.506 e. The van der Waals surface area contributed by atoms with Gasteiger partial charge in [-0.05, 0) is 109 Å². The minimum atomic E-state index is -4.11. The van der Waals surface area contributed by atoms with Crippen molar-refractivity contribution in [1.29, 1.82) is 0 Å². The molecule has 4 rings (SSSR count). The van der Waals surface area contributed by atoms with E-state index in [1.165, 1.54) is 0 Å². The van der Waals surface area contributed by atoms with E-state index < -0.39 is 15.7 Å². The van der Waals surface area contributed by atoms with Crippen LogP contribution in [-0.2, 0) is 19.9 Å². The molecule has 0 saturated heterocycles. The van der Waals surface area contributed by atoms with Gasteiger partial charge in [-0.3, -0.25) is 0 Å². The van der Waals surface area contributed by atoms with Gasteiger partial charge in [-0.15, -0.1) is 0 Å². The van der Waals surface area contributed by atoms with E-state index in [0.717, 1.165) is 0 Å². The first-order valence-electron chi connectivity index (χ1n) is 11.4. The Hall–Kier alpha value is -0.870. The molecule has 0 atom stereocenters. The number of hydrogen-bond acceptors (Lipinski definition) is 5. The number of fused-ring (bicyclic) bond motifs is 1. The summed E-state index contributed by atoms with van der Waals surface area (Å²) in [6.07, 6.45) is 0. The topological polar surface area (TPSA) is 83.8 Å². The molecule has 0 saturated carbocycles. The van der Waals surface area contributed by atoms with Gasteiger partial charge in [0.1, 0.15) is 16.4 Å². The third kappa shape index (κ3) is 4.40. The molecule has 36 heavy (non-hydrogen) atoms. The molecule has 1 aliphatic rings. The van der Waals surface area contributed by atoms with Crippen LogP contribution in [0.25, 0.3) is 0 Å². The second kappa shape index (κ2) is 10.4. The SMILES string of the molecule is Cc1c(C2(c3cc(C(C)C)c(O)c(Br)c3C)OS(=O)(=O)c3ccccc32)cc(C(C)C)c(O)c1Br.[Na+]. The molecule has 5 nitrogen and oxygen atoms in total. The van der Waals surface area contributed by atoms with Gasteiger partial charge in [0, 0.05) is 5.56 Å². The maximum atomic E-state index is 13.4. The van der Waals surface area contributed by atoms with Crippen molar-refractivity contribution in [3.05, 3.63) is 84.3 Å². The van der Waals surface area contributed by atoms with Gasteiger partial charge in [0.25, 0.3) is 10.1 Å². The molecule has 0 spiro atoms. The molecule has 0 bridgehead atoms. The van der Waals surface area contributed by atoms with E-state index in [4.69, 9.17) is 4.18 Å². The third-order valence-corrected chi connectivity index (χ3v) is 10.1. The van der Waals surface area contributed by atoms with Crippen LogP contribution in [0.4, 0.5) is 0 Å². The molecule has 0 unspecified atom stereocenters. The van der Waals surface area contributed by atoms with Gasteiger partial charge in [0.05, 0.1) is 8.95 Å². The number of phenolic OH excluding ortho intramolecular Hbond substituents is 2. The van der Waals surface area contributed by atoms with Gasteiger partial charge < -0.3 is 10.2 Å². The Balaban J connectivity index is 0.00000361. The second-order valence-corrected chi connectivity index (χ2v) is 12.7. The maximum Gasteiger partial charge on any atom is 1.00 e. The van der Waals surface area contributed by atoms with Gasteiger partial charge in [0.2, 0.25) is 0 Å². The molecule has 0 aromatic heterocycles. The summed E-state index contributed by atoms with van der Waals surface area (Å²) in [5.41, 5.74) is 2.84. The molecule has 0 radical (unpaired) electrons. The van der Waals surface area contributed by atoms with Crippen LogP contribution in [0.1, 0.15) is 78.5 Å². The fourth-order valence-corrected chi connectivity index (χ4v) is 7.18. The standard InChI is InChI=1S/C27H28Br2O5S.Na/c1-13(2)17-11-20(15(5)23(28)25(17)30)27(19-9-7-8-10-22(19)35(32,33)34-27)21-12-18(14(3)4)26(31)24(29)16(21)6;/h7-14,30-31H,1-6H3;/q;+1. The van der Waals surface area contributed by atoms with E-state index in [1.807, 2.05) is 53.7 Å². The minimum Gasteiger partial charge on any atom is -0.506 e. The van der Waals surface area contributed by atoms with Crippen LogP contribution < -0.4 is 29.6 Å². The Morgan fingerprint density at radius 3 is 1.64 bits per heavy atom. The zero-order valence-electron chi connectivity index (χ0n) is 21.4. The summed E-state index contributed by atoms with van der Waals surface area (Å²) in [4.78, 5) is 0.101. The van der Waals surface area contributed by atoms with Crippen LogP contribution in [0.5, 0.6) is 11.5 Å². The molecular weight excluding hydrogens is 619 g/mol. The first kappa shape index (κ1) is 29.7. The van der Waals surface area contributed by atoms with E-state index in [9.17, 15) is 18.6 Å². The predicted octanol–water partition coefficient (Wildman–Crippen LogP) is 4.50. The van der Waals surface area contributed by atoms with Crippen molar-refractivity contribution in [2.75, 3.05) is 0 Å². The van der Waals surface area contributed by atoms with E-state index in [-0.39, 0.29) is 57.8 Å². The van der Waals surface area contributed by atoms with E-state index in [0.29, 0.717) is 47.9 Å². The van der Waals surface area contributed by atoms with Crippen LogP contribution in [0.15, 0.2) is 50.2 Å². The molecule has 3 aromatic carbocycles. The van der Waals surface area contributed by atoms with Crippen molar-refractivity contribution in [2.45, 2.75) is 63.9 Å². The summed E-state index contributed by atoms with van der Waals surface area (Å²) in [5, 5.41) is 21.7. The largest absolute Gasteiger partial charge is 1.00 e. The summed E-state index contributed by atoms with van der Waals surface area (Å²) in [5.74, 6) is 0.179. The molecule has 1 heterocycles. The third-order valence-electron chi connectivity index (χ3n) is 6.80. The monoisotopic (exact) mass is 645 g/mol. The number of phenols is 2. The van der Waals surface area contributed by atoms with Crippen LogP contribution in [0.3, 0.4) is 0 Å². The van der Waals surface area contributed by atoms with Crippen LogP contribution in [-0.4, -0.2) is 18.6 Å². The van der Waals surface area contributed by atoms with Gasteiger partial charge in [0.15, 0.2) is 5.60 Å². The van der Waals surface area contributed by atoms with Gasteiger partial charge in [-0.2, -0.15) is 8.42 Å². The average Bonchev–Trinajstić information content (AvgIpc) is 3.03. The fourth-order valence-electron chi connectivity index (χ4n) is 4.88. The number of rotatable bonds is 4. The normalized spacial score (nSPS) is 15.7. The average molecular weight is 647 g/mol. The van der Waals surface area contributed by atoms with Crippen molar-refractivity contribution >= 4 is 42.0 Å². The second-order valence-electron chi connectivity index (χ2n) is 9.63. The van der Waals surface area contributed by atoms with Crippen LogP contribution in [0.2, 0.25) is 0 Å². The Morgan fingerprint density at radius 1 is 0.806 bits per heavy atom. The molecular formula is C27H28Br2NaO5S+. The van der Waals surface area contributed by atoms with Crippen LogP contribution >= 0.6 is 31.9 Å². The quantitative estimate of drug-likeness (QED) is 0.322. The van der Waals surface area contributed by atoms with Gasteiger partial charge >= 0.3 is 29.6 Å². The van der Waals surface area contributed by atoms with Crippen LogP contribution in [0, 0.1) is 13.8 Å². The molecule has 3 aromatic rings. The molecule has 9 heteroatoms. The Bertz CT molecular complexity index is 1400. The van der Waals surface area contributed by atoms with Gasteiger partial charge in [-0.1, -0.05) is 45.9 Å². The Kier molecular flexibility index (Phi) is 8.54. The molecule has 0 fully saturated rings. The minimum absolute atomic E-state index is 0. The fraction of sp³-hybridized carbons (Fsp3) is 0.333. The van der Waals surface area contributed by atoms with Crippen molar-refractivity contribution in [2.24, 2.45) is 0 Å². The van der Waals surface area contributed by atoms with Crippen molar-refractivity contribution in [3.8, 4) is 11.5 Å². The summed E-state index contributed by atoms with van der Waals surface area (Å²) in [7, 11) is -4.11. The number of halogens is 2. The predicted molar refractivity (Wildman–Crippen MR) is 144 cm³/mol. The first-order chi connectivity index (χ1) is 16.3. The van der Waals surface area contributed by atoms with Crippen molar-refractivity contribution < 1.29 is 52.4 Å². The Morgan fingerprint density at radius 2 is 1.22 bits per heavy atom. The van der Waals surface area contributed by atoms with Gasteiger partial charge in [-0.25, -0.2) is 4.18 Å². The van der Waals surface area contributed by atoms with Crippen molar-refractivity contribution in [1.82, 2.24) is 0 Å². The van der Waals surface area contributed by atoms with E-state index in [1.54, 1.807) is 24.3 Å². The number of benzene rings is 3. The number of hydrogen-bond donors (Lipinski definition) is 2. The summed E-state index contributed by atoms with van der Waals surface area (Å²) < 4.78 is 34.0. The zero-order valence-corrected chi connectivity index (χ0v) is 27.4. The zero-order chi connectivity index (χ0) is 26.0. The number of aromatic hydroxyl groups is 2. The first-order valence-corrected chi connectivity index (χ1v) is 14.3. The summed E-state index contributed by atoms with van der Waals surface area (Å²) >= 11 is 7.08.